The monoisotopic (exact) mass is 367 g/mol. The molecule has 0 aromatic heterocycles. The van der Waals surface area contributed by atoms with Crippen LogP contribution in [0.25, 0.3) is 0 Å². The molecule has 0 bridgehead atoms. The van der Waals surface area contributed by atoms with Gasteiger partial charge in [-0.3, -0.25) is 0 Å². The van der Waals surface area contributed by atoms with Crippen LogP contribution in [0.3, 0.4) is 0 Å². The van der Waals surface area contributed by atoms with Crippen LogP contribution in [0.2, 0.25) is 22.7 Å². The smallest absolute Gasteiger partial charge is 0.0579 e. The molecule has 0 aromatic carbocycles. The van der Waals surface area contributed by atoms with Gasteiger partial charge < -0.3 is 5.32 Å². The van der Waals surface area contributed by atoms with E-state index in [0.29, 0.717) is 0 Å². The average molecular weight is 368 g/mol. The van der Waals surface area contributed by atoms with Gasteiger partial charge in [0.05, 0.1) is 15.9 Å². The Balaban J connectivity index is 2.89. The van der Waals surface area contributed by atoms with E-state index in [1.807, 2.05) is 0 Å². The Labute approximate surface area is 155 Å². The molecule has 0 amide bonds. The fourth-order valence-electron chi connectivity index (χ4n) is 5.91. The largest absolute Gasteiger partial charge is 0.314 e. The van der Waals surface area contributed by atoms with Crippen LogP contribution < -0.4 is 5.32 Å². The second-order valence-electron chi connectivity index (χ2n) is 9.39. The van der Waals surface area contributed by atoms with Crippen LogP contribution in [0.1, 0.15) is 87.5 Å². The highest BCUT2D eigenvalue weighted by Crippen LogP contribution is 2.44. The Bertz CT molecular complexity index is 356. The van der Waals surface area contributed by atoms with Gasteiger partial charge in [0.25, 0.3) is 0 Å². The zero-order chi connectivity index (χ0) is 18.3. The molecule has 142 valence electrons. The maximum atomic E-state index is 3.94. The fraction of sp³-hybridized carbons (Fsp3) is 0.905. The number of nitrogens with one attached hydrogen (secondary N) is 1. The predicted molar refractivity (Wildman–Crippen MR) is 117 cm³/mol. The standard InChI is InChI=1S/C21H45NSi2/c1-17(2)16-23(15-14-22-21-12-10-9-11-13-21)24(18(3)4,19(5)6)20(7)8/h16,18-23H,9-15H2,1-8H3. The van der Waals surface area contributed by atoms with Gasteiger partial charge in [-0.15, -0.1) is 5.70 Å². The van der Waals surface area contributed by atoms with Crippen molar-refractivity contribution in [2.75, 3.05) is 6.54 Å². The third-order valence-electron chi connectivity index (χ3n) is 6.67. The van der Waals surface area contributed by atoms with E-state index in [9.17, 15) is 0 Å². The van der Waals surface area contributed by atoms with Crippen molar-refractivity contribution in [2.45, 2.75) is 116 Å². The van der Waals surface area contributed by atoms with Crippen molar-refractivity contribution in [1.82, 2.24) is 5.32 Å². The molecular weight excluding hydrogens is 322 g/mol. The number of allylic oxidation sites excluding steroid dienone is 1. The lowest BCUT2D eigenvalue weighted by Crippen LogP contribution is -2.58. The molecular formula is C21H45NSi2. The van der Waals surface area contributed by atoms with Gasteiger partial charge in [0.2, 0.25) is 0 Å². The number of hydrogen-bond acceptors (Lipinski definition) is 1. The molecule has 1 N–H and O–H groups in total. The second-order valence-corrected chi connectivity index (χ2v) is 22.2. The number of rotatable bonds is 9. The van der Waals surface area contributed by atoms with E-state index < -0.39 is 15.9 Å². The highest BCUT2D eigenvalue weighted by Gasteiger charge is 2.48. The minimum atomic E-state index is -1.28. The van der Waals surface area contributed by atoms with Gasteiger partial charge in [0.1, 0.15) is 0 Å². The Morgan fingerprint density at radius 2 is 1.46 bits per heavy atom. The van der Waals surface area contributed by atoms with Gasteiger partial charge in [-0.1, -0.05) is 83.0 Å². The molecule has 0 radical (unpaired) electrons. The highest BCUT2D eigenvalue weighted by atomic mass is 29.2. The zero-order valence-corrected chi connectivity index (χ0v) is 20.1. The van der Waals surface area contributed by atoms with Crippen LogP contribution in [0.4, 0.5) is 0 Å². The molecule has 0 aromatic rings. The van der Waals surface area contributed by atoms with Crippen LogP contribution >= 0.6 is 0 Å². The number of hydrogen-bond donors (Lipinski definition) is 1. The van der Waals surface area contributed by atoms with Crippen molar-refractivity contribution in [3.05, 3.63) is 11.3 Å². The lowest BCUT2D eigenvalue weighted by molar-refractivity contribution is 0.380. The first-order valence-corrected chi connectivity index (χ1v) is 16.1. The lowest BCUT2D eigenvalue weighted by atomic mass is 9.96. The topological polar surface area (TPSA) is 12.0 Å². The second kappa shape index (κ2) is 10.3. The van der Waals surface area contributed by atoms with Crippen molar-refractivity contribution in [2.24, 2.45) is 0 Å². The van der Waals surface area contributed by atoms with Gasteiger partial charge >= 0.3 is 0 Å². The summed E-state index contributed by atoms with van der Waals surface area (Å²) in [7, 11) is -2.16. The molecule has 0 saturated heterocycles. The normalized spacial score (nSPS) is 18.5. The van der Waals surface area contributed by atoms with Crippen molar-refractivity contribution in [3.8, 4) is 0 Å². The molecule has 1 rings (SSSR count). The maximum Gasteiger partial charge on any atom is 0.0579 e. The van der Waals surface area contributed by atoms with Crippen molar-refractivity contribution >= 4 is 15.9 Å². The quantitative estimate of drug-likeness (QED) is 0.465. The van der Waals surface area contributed by atoms with E-state index in [1.54, 1.807) is 5.57 Å². The maximum absolute atomic E-state index is 3.94. The molecule has 1 saturated carbocycles. The summed E-state index contributed by atoms with van der Waals surface area (Å²) in [6, 6.07) is 2.29. The summed E-state index contributed by atoms with van der Waals surface area (Å²) in [6.45, 7) is 21.2. The Kier molecular flexibility index (Phi) is 9.54. The summed E-state index contributed by atoms with van der Waals surface area (Å²) in [5, 5.41) is 3.94. The summed E-state index contributed by atoms with van der Waals surface area (Å²) in [5.41, 5.74) is 7.07. The van der Waals surface area contributed by atoms with Gasteiger partial charge in [0, 0.05) is 6.04 Å². The summed E-state index contributed by atoms with van der Waals surface area (Å²) in [4.78, 5) is 0. The van der Waals surface area contributed by atoms with Gasteiger partial charge in [-0.05, 0) is 39.3 Å². The van der Waals surface area contributed by atoms with E-state index in [-0.39, 0.29) is 0 Å². The molecule has 1 nitrogen and oxygen atoms in total. The molecule has 1 aliphatic carbocycles. The fourth-order valence-corrected chi connectivity index (χ4v) is 26.2. The van der Waals surface area contributed by atoms with Crippen LogP contribution in [-0.2, 0) is 0 Å². The van der Waals surface area contributed by atoms with Crippen LogP contribution in [0, 0.1) is 0 Å². The van der Waals surface area contributed by atoms with Crippen molar-refractivity contribution in [3.63, 3.8) is 0 Å². The van der Waals surface area contributed by atoms with Crippen LogP contribution in [-0.4, -0.2) is 28.5 Å². The summed E-state index contributed by atoms with van der Waals surface area (Å²) < 4.78 is 0. The molecule has 0 aliphatic heterocycles. The SMILES string of the molecule is CC(C)=C[SiH](CCNC1CCCCC1)[Si](C(C)C)(C(C)C)C(C)C. The molecule has 0 heterocycles. The van der Waals surface area contributed by atoms with Crippen molar-refractivity contribution < 1.29 is 0 Å². The third-order valence-corrected chi connectivity index (χ3v) is 27.2. The summed E-state index contributed by atoms with van der Waals surface area (Å²) in [6.07, 6.45) is 7.16. The van der Waals surface area contributed by atoms with E-state index in [4.69, 9.17) is 0 Å². The Morgan fingerprint density at radius 1 is 0.958 bits per heavy atom. The van der Waals surface area contributed by atoms with E-state index in [2.05, 4.69) is 66.4 Å². The minimum Gasteiger partial charge on any atom is -0.314 e. The first-order chi connectivity index (χ1) is 11.2. The molecule has 1 aliphatic rings. The highest BCUT2D eigenvalue weighted by molar-refractivity contribution is 7.36. The van der Waals surface area contributed by atoms with Crippen LogP contribution in [0.5, 0.6) is 0 Å². The molecule has 0 spiro atoms. The first-order valence-electron chi connectivity index (χ1n) is 10.6. The molecule has 24 heavy (non-hydrogen) atoms. The Morgan fingerprint density at radius 3 is 1.88 bits per heavy atom. The molecule has 1 atom stereocenters. The summed E-state index contributed by atoms with van der Waals surface area (Å²) in [5.74, 6) is 0. The minimum absolute atomic E-state index is 0.813. The Hall–Kier alpha value is 0.134. The zero-order valence-electron chi connectivity index (χ0n) is 17.9. The van der Waals surface area contributed by atoms with E-state index in [1.165, 1.54) is 44.7 Å². The molecule has 1 unspecified atom stereocenters. The first kappa shape index (κ1) is 22.2. The van der Waals surface area contributed by atoms with E-state index in [0.717, 1.165) is 22.7 Å². The van der Waals surface area contributed by atoms with E-state index >= 15 is 0 Å². The third kappa shape index (κ3) is 5.57. The molecule has 3 heteroatoms. The van der Waals surface area contributed by atoms with Gasteiger partial charge in [0.15, 0.2) is 0 Å². The lowest BCUT2D eigenvalue weighted by Gasteiger charge is -2.48. The van der Waals surface area contributed by atoms with Crippen molar-refractivity contribution in [1.29, 1.82) is 0 Å². The van der Waals surface area contributed by atoms with Crippen LogP contribution in [0.15, 0.2) is 11.3 Å². The van der Waals surface area contributed by atoms with Gasteiger partial charge in [-0.2, -0.15) is 0 Å². The average Bonchev–Trinajstić information content (AvgIpc) is 2.47. The summed E-state index contributed by atoms with van der Waals surface area (Å²) >= 11 is 0. The molecule has 1 fully saturated rings. The van der Waals surface area contributed by atoms with Gasteiger partial charge in [-0.25, -0.2) is 0 Å². The predicted octanol–water partition coefficient (Wildman–Crippen LogP) is 6.40.